The summed E-state index contributed by atoms with van der Waals surface area (Å²) in [4.78, 5) is 44.0. The van der Waals surface area contributed by atoms with Gasteiger partial charge < -0.3 is 20.1 Å². The van der Waals surface area contributed by atoms with E-state index in [1.165, 1.54) is 10.6 Å². The van der Waals surface area contributed by atoms with Gasteiger partial charge in [-0.3, -0.25) is 9.36 Å². The lowest BCUT2D eigenvalue weighted by Gasteiger charge is -2.29. The number of aliphatic carboxylic acids is 1. The largest absolute Gasteiger partial charge is 0.481 e. The first-order valence-corrected chi connectivity index (χ1v) is 12.2. The van der Waals surface area contributed by atoms with Gasteiger partial charge in [0, 0.05) is 25.3 Å². The van der Waals surface area contributed by atoms with Gasteiger partial charge in [-0.25, -0.2) is 18.5 Å². The summed E-state index contributed by atoms with van der Waals surface area (Å²) in [5.74, 6) is -1.54. The quantitative estimate of drug-likeness (QED) is 0.475. The Balaban J connectivity index is 1.51. The highest BCUT2D eigenvalue weighted by Gasteiger charge is 2.51. The summed E-state index contributed by atoms with van der Waals surface area (Å²) in [6.45, 7) is 3.99. The molecule has 2 aromatic carbocycles. The first kappa shape index (κ1) is 24.7. The summed E-state index contributed by atoms with van der Waals surface area (Å²) in [7, 11) is 0. The summed E-state index contributed by atoms with van der Waals surface area (Å²) in [6, 6.07) is 12.1. The minimum atomic E-state index is -1.13. The molecule has 2 N–H and O–H groups in total. The van der Waals surface area contributed by atoms with E-state index in [1.807, 2.05) is 36.1 Å². The van der Waals surface area contributed by atoms with Crippen LogP contribution >= 0.6 is 0 Å². The first-order chi connectivity index (χ1) is 17.8. The summed E-state index contributed by atoms with van der Waals surface area (Å²) in [6.07, 6.45) is 0.780. The minimum Gasteiger partial charge on any atom is -0.481 e. The molecule has 0 spiro atoms. The van der Waals surface area contributed by atoms with Gasteiger partial charge in [0.15, 0.2) is 0 Å². The zero-order valence-electron chi connectivity index (χ0n) is 20.4. The van der Waals surface area contributed by atoms with Crippen LogP contribution in [0.15, 0.2) is 52.1 Å². The molecule has 0 radical (unpaired) electrons. The Labute approximate surface area is 211 Å². The number of carboxylic acids is 1. The van der Waals surface area contributed by atoms with Crippen LogP contribution in [0.5, 0.6) is 0 Å². The number of hydrogen-bond acceptors (Lipinski definition) is 7. The number of aryl methyl sites for hydroxylation is 1. The molecule has 1 saturated heterocycles. The molecule has 0 amide bonds. The molecule has 37 heavy (non-hydrogen) atoms. The molecule has 3 aromatic rings. The predicted molar refractivity (Wildman–Crippen MR) is 135 cm³/mol. The number of carbonyl (C=O) groups is 1. The third kappa shape index (κ3) is 5.12. The molecule has 2 heterocycles. The van der Waals surface area contributed by atoms with Crippen LogP contribution in [0.25, 0.3) is 0 Å². The average molecular weight is 510 g/mol. The van der Waals surface area contributed by atoms with Crippen molar-refractivity contribution in [2.45, 2.75) is 32.9 Å². The summed E-state index contributed by atoms with van der Waals surface area (Å²) in [5, 5.41) is 12.5. The number of halogens is 1. The second-order valence-corrected chi connectivity index (χ2v) is 9.63. The van der Waals surface area contributed by atoms with Crippen LogP contribution in [0.2, 0.25) is 0 Å². The van der Waals surface area contributed by atoms with Gasteiger partial charge in [0.05, 0.1) is 30.9 Å². The van der Waals surface area contributed by atoms with Crippen molar-refractivity contribution in [2.24, 2.45) is 5.41 Å². The Bertz CT molecular complexity index is 1440. The SMILES string of the molecule is Cc1ccc(Cn2c(Nc3ccc(N4CCOCC4)c(F)c3)nc(=O)n(CC3(C(=O)O)CC3)c2=O)cc1. The molecule has 194 valence electrons. The fraction of sp³-hybridized carbons (Fsp3) is 0.385. The van der Waals surface area contributed by atoms with Crippen molar-refractivity contribution in [2.75, 3.05) is 36.5 Å². The lowest BCUT2D eigenvalue weighted by Crippen LogP contribution is -2.45. The number of rotatable bonds is 8. The smallest absolute Gasteiger partial charge is 0.354 e. The Morgan fingerprint density at radius 1 is 1.11 bits per heavy atom. The molecular formula is C26H28FN5O5. The van der Waals surface area contributed by atoms with E-state index < -0.39 is 28.6 Å². The van der Waals surface area contributed by atoms with Crippen LogP contribution in [-0.4, -0.2) is 51.5 Å². The van der Waals surface area contributed by atoms with Gasteiger partial charge in [-0.1, -0.05) is 29.8 Å². The number of nitrogens with zero attached hydrogens (tertiary/aromatic N) is 4. The Hall–Kier alpha value is -3.99. The van der Waals surface area contributed by atoms with Gasteiger partial charge in [0.25, 0.3) is 0 Å². The van der Waals surface area contributed by atoms with E-state index >= 15 is 0 Å². The van der Waals surface area contributed by atoms with Gasteiger partial charge in [-0.05, 0) is 43.5 Å². The lowest BCUT2D eigenvalue weighted by molar-refractivity contribution is -0.144. The number of anilines is 3. The van der Waals surface area contributed by atoms with Crippen molar-refractivity contribution in [3.05, 3.63) is 80.4 Å². The highest BCUT2D eigenvalue weighted by atomic mass is 19.1. The molecule has 1 aliphatic heterocycles. The third-order valence-corrected chi connectivity index (χ3v) is 6.93. The molecule has 5 rings (SSSR count). The Morgan fingerprint density at radius 3 is 2.43 bits per heavy atom. The maximum atomic E-state index is 15.0. The second-order valence-electron chi connectivity index (χ2n) is 9.63. The maximum absolute atomic E-state index is 15.0. The third-order valence-electron chi connectivity index (χ3n) is 6.93. The normalized spacial score (nSPS) is 16.4. The number of morpholine rings is 1. The van der Waals surface area contributed by atoms with Gasteiger partial charge in [0.2, 0.25) is 5.95 Å². The van der Waals surface area contributed by atoms with Gasteiger partial charge in [-0.15, -0.1) is 0 Å². The molecule has 2 fully saturated rings. The molecular weight excluding hydrogens is 481 g/mol. The van der Waals surface area contributed by atoms with Crippen molar-refractivity contribution in [3.63, 3.8) is 0 Å². The van der Waals surface area contributed by atoms with Gasteiger partial charge in [-0.2, -0.15) is 4.98 Å². The number of nitrogens with one attached hydrogen (secondary N) is 1. The van der Waals surface area contributed by atoms with Crippen molar-refractivity contribution < 1.29 is 19.0 Å². The van der Waals surface area contributed by atoms with E-state index in [-0.39, 0.29) is 19.0 Å². The monoisotopic (exact) mass is 509 g/mol. The number of ether oxygens (including phenoxy) is 1. The predicted octanol–water partition coefficient (Wildman–Crippen LogP) is 2.35. The van der Waals surface area contributed by atoms with E-state index in [4.69, 9.17) is 4.74 Å². The summed E-state index contributed by atoms with van der Waals surface area (Å²) in [5.41, 5.74) is -0.0640. The molecule has 0 atom stereocenters. The minimum absolute atomic E-state index is 0.0504. The highest BCUT2D eigenvalue weighted by molar-refractivity contribution is 5.77. The van der Waals surface area contributed by atoms with Crippen molar-refractivity contribution in [3.8, 4) is 0 Å². The molecule has 1 aliphatic carbocycles. The van der Waals surface area contributed by atoms with Crippen molar-refractivity contribution >= 4 is 23.3 Å². The van der Waals surface area contributed by atoms with Crippen LogP contribution < -0.4 is 21.6 Å². The van der Waals surface area contributed by atoms with Crippen LogP contribution in [0, 0.1) is 18.2 Å². The Kier molecular flexibility index (Phi) is 6.55. The highest BCUT2D eigenvalue weighted by Crippen LogP contribution is 2.46. The fourth-order valence-electron chi connectivity index (χ4n) is 4.45. The van der Waals surface area contributed by atoms with Crippen molar-refractivity contribution in [1.29, 1.82) is 0 Å². The van der Waals surface area contributed by atoms with E-state index in [2.05, 4.69) is 10.3 Å². The van der Waals surface area contributed by atoms with Crippen LogP contribution in [-0.2, 0) is 22.6 Å². The molecule has 1 aromatic heterocycles. The molecule has 0 bridgehead atoms. The van der Waals surface area contributed by atoms with Gasteiger partial charge >= 0.3 is 17.3 Å². The summed E-state index contributed by atoms with van der Waals surface area (Å²) < 4.78 is 22.5. The lowest BCUT2D eigenvalue weighted by atomic mass is 10.1. The van der Waals surface area contributed by atoms with Crippen molar-refractivity contribution in [1.82, 2.24) is 14.1 Å². The number of aromatic nitrogens is 3. The molecule has 1 saturated carbocycles. The van der Waals surface area contributed by atoms with E-state index in [1.54, 1.807) is 12.1 Å². The second kappa shape index (κ2) is 9.81. The van der Waals surface area contributed by atoms with E-state index in [0.29, 0.717) is 50.5 Å². The number of benzene rings is 2. The standard InChI is InChI=1S/C26H28FN5O5/c1-17-2-4-18(5-3-17)15-31-23(29-24(35)32(25(31)36)16-26(8-9-26)22(33)34)28-19-6-7-21(20(27)14-19)30-10-12-37-13-11-30/h2-7,14H,8-13,15-16H2,1H3,(H,33,34)(H,28,29,35). The Morgan fingerprint density at radius 2 is 1.81 bits per heavy atom. The molecule has 2 aliphatic rings. The van der Waals surface area contributed by atoms with E-state index in [0.717, 1.165) is 15.7 Å². The average Bonchev–Trinajstić information content (AvgIpc) is 3.67. The molecule has 11 heteroatoms. The topological polar surface area (TPSA) is 119 Å². The number of hydrogen-bond donors (Lipinski definition) is 2. The number of carboxylic acid groups (broad SMARTS) is 1. The molecule has 0 unspecified atom stereocenters. The van der Waals surface area contributed by atoms with Crippen LogP contribution in [0.3, 0.4) is 0 Å². The zero-order valence-corrected chi connectivity index (χ0v) is 20.4. The van der Waals surface area contributed by atoms with Crippen LogP contribution in [0.1, 0.15) is 24.0 Å². The molecule has 10 nitrogen and oxygen atoms in total. The maximum Gasteiger partial charge on any atom is 0.354 e. The van der Waals surface area contributed by atoms with Gasteiger partial charge in [0.1, 0.15) is 5.82 Å². The zero-order chi connectivity index (χ0) is 26.2. The first-order valence-electron chi connectivity index (χ1n) is 12.2. The fourth-order valence-corrected chi connectivity index (χ4v) is 4.45. The van der Waals surface area contributed by atoms with E-state index in [9.17, 15) is 23.9 Å². The van der Waals surface area contributed by atoms with Crippen LogP contribution in [0.4, 0.5) is 21.7 Å². The summed E-state index contributed by atoms with van der Waals surface area (Å²) >= 11 is 0.